The summed E-state index contributed by atoms with van der Waals surface area (Å²) in [5.41, 5.74) is 5.54. The van der Waals surface area contributed by atoms with Crippen molar-refractivity contribution in [2.45, 2.75) is 18.4 Å². The highest BCUT2D eigenvalue weighted by atomic mass is 32.2. The third-order valence-corrected chi connectivity index (χ3v) is 4.56. The molecule has 0 bridgehead atoms. The van der Waals surface area contributed by atoms with E-state index >= 15 is 0 Å². The minimum absolute atomic E-state index is 0.00811. The molecule has 0 saturated heterocycles. The summed E-state index contributed by atoms with van der Waals surface area (Å²) in [5, 5.41) is 0.894. The van der Waals surface area contributed by atoms with Crippen molar-refractivity contribution in [1.82, 2.24) is 14.7 Å². The zero-order valence-electron chi connectivity index (χ0n) is 9.62. The van der Waals surface area contributed by atoms with Gasteiger partial charge in [0.1, 0.15) is 10.7 Å². The van der Waals surface area contributed by atoms with E-state index in [1.165, 1.54) is 29.7 Å². The third kappa shape index (κ3) is 2.84. The van der Waals surface area contributed by atoms with E-state index in [1.54, 1.807) is 6.20 Å². The van der Waals surface area contributed by atoms with E-state index in [2.05, 4.69) is 14.7 Å². The average Bonchev–Trinajstić information content (AvgIpc) is 2.73. The maximum atomic E-state index is 12.0. The number of pyridine rings is 1. The van der Waals surface area contributed by atoms with Crippen molar-refractivity contribution in [1.29, 1.82) is 0 Å². The standard InChI is InChI=1S/C10H12N4O2S2/c1-7-13-5-8(17-7)6-14-18(15,16)9-3-2-4-12-10(9)11/h2-5,14H,6H2,1H3,(H2,11,12). The van der Waals surface area contributed by atoms with Gasteiger partial charge in [0, 0.05) is 23.8 Å². The molecule has 0 atom stereocenters. The van der Waals surface area contributed by atoms with E-state index in [9.17, 15) is 8.42 Å². The minimum Gasteiger partial charge on any atom is -0.383 e. The molecule has 96 valence electrons. The Balaban J connectivity index is 2.16. The average molecular weight is 284 g/mol. The molecule has 0 amide bonds. The summed E-state index contributed by atoms with van der Waals surface area (Å²) in [6.07, 6.45) is 3.09. The Hall–Kier alpha value is -1.51. The zero-order valence-corrected chi connectivity index (χ0v) is 11.3. The van der Waals surface area contributed by atoms with E-state index in [0.717, 1.165) is 9.88 Å². The van der Waals surface area contributed by atoms with Gasteiger partial charge in [0.25, 0.3) is 0 Å². The molecule has 2 aromatic heterocycles. The van der Waals surface area contributed by atoms with Crippen LogP contribution in [0.4, 0.5) is 5.82 Å². The normalized spacial score (nSPS) is 11.6. The molecule has 18 heavy (non-hydrogen) atoms. The van der Waals surface area contributed by atoms with Crippen molar-refractivity contribution in [2.75, 3.05) is 5.73 Å². The number of hydrogen-bond acceptors (Lipinski definition) is 6. The number of aryl methyl sites for hydroxylation is 1. The molecule has 2 heterocycles. The van der Waals surface area contributed by atoms with Gasteiger partial charge >= 0.3 is 0 Å². The molecule has 0 aromatic carbocycles. The maximum Gasteiger partial charge on any atom is 0.244 e. The Morgan fingerprint density at radius 3 is 2.83 bits per heavy atom. The molecule has 2 rings (SSSR count). The van der Waals surface area contributed by atoms with Gasteiger partial charge in [0.15, 0.2) is 0 Å². The first-order valence-electron chi connectivity index (χ1n) is 5.10. The molecule has 3 N–H and O–H groups in total. The highest BCUT2D eigenvalue weighted by Gasteiger charge is 2.17. The topological polar surface area (TPSA) is 98.0 Å². The third-order valence-electron chi connectivity index (χ3n) is 2.19. The highest BCUT2D eigenvalue weighted by Crippen LogP contribution is 2.16. The molecule has 0 radical (unpaired) electrons. The van der Waals surface area contributed by atoms with Gasteiger partial charge in [-0.15, -0.1) is 11.3 Å². The number of hydrogen-bond donors (Lipinski definition) is 2. The largest absolute Gasteiger partial charge is 0.383 e. The zero-order chi connectivity index (χ0) is 13.2. The summed E-state index contributed by atoms with van der Waals surface area (Å²) in [4.78, 5) is 8.65. The smallest absolute Gasteiger partial charge is 0.244 e. The second-order valence-electron chi connectivity index (χ2n) is 3.56. The summed E-state index contributed by atoms with van der Waals surface area (Å²) in [7, 11) is -3.64. The number of anilines is 1. The van der Waals surface area contributed by atoms with E-state index in [0.29, 0.717) is 0 Å². The Labute approximate surface area is 109 Å². The molecule has 0 fully saturated rings. The minimum atomic E-state index is -3.64. The van der Waals surface area contributed by atoms with Crippen LogP contribution >= 0.6 is 11.3 Å². The van der Waals surface area contributed by atoms with Gasteiger partial charge in [-0.25, -0.2) is 23.1 Å². The fourth-order valence-electron chi connectivity index (χ4n) is 1.36. The van der Waals surface area contributed by atoms with Crippen LogP contribution in [0, 0.1) is 6.92 Å². The lowest BCUT2D eigenvalue weighted by molar-refractivity contribution is 0.582. The van der Waals surface area contributed by atoms with Crippen LogP contribution in [0.2, 0.25) is 0 Å². The fraction of sp³-hybridized carbons (Fsp3) is 0.200. The van der Waals surface area contributed by atoms with E-state index in [-0.39, 0.29) is 17.3 Å². The lowest BCUT2D eigenvalue weighted by Crippen LogP contribution is -2.24. The van der Waals surface area contributed by atoms with Crippen LogP contribution in [0.5, 0.6) is 0 Å². The van der Waals surface area contributed by atoms with Gasteiger partial charge in [-0.2, -0.15) is 0 Å². The van der Waals surface area contributed by atoms with Crippen LogP contribution < -0.4 is 10.5 Å². The number of rotatable bonds is 4. The van der Waals surface area contributed by atoms with Gasteiger partial charge in [-0.05, 0) is 19.1 Å². The summed E-state index contributed by atoms with van der Waals surface area (Å²) < 4.78 is 26.4. The Kier molecular flexibility index (Phi) is 3.60. The molecule has 0 unspecified atom stereocenters. The van der Waals surface area contributed by atoms with Crippen molar-refractivity contribution < 1.29 is 8.42 Å². The molecule has 0 aliphatic carbocycles. The summed E-state index contributed by atoms with van der Waals surface area (Å²) >= 11 is 1.44. The Morgan fingerprint density at radius 1 is 1.44 bits per heavy atom. The number of aromatic nitrogens is 2. The van der Waals surface area contributed by atoms with Gasteiger partial charge in [0.05, 0.1) is 5.01 Å². The van der Waals surface area contributed by atoms with E-state index < -0.39 is 10.0 Å². The molecule has 0 saturated carbocycles. The van der Waals surface area contributed by atoms with Gasteiger partial charge in [0.2, 0.25) is 10.0 Å². The number of nitrogen functional groups attached to an aromatic ring is 1. The summed E-state index contributed by atoms with van der Waals surface area (Å²) in [5.74, 6) is -0.00881. The first-order chi connectivity index (χ1) is 8.49. The summed E-state index contributed by atoms with van der Waals surface area (Å²) in [6.45, 7) is 2.06. The van der Waals surface area contributed by atoms with Crippen LogP contribution in [0.1, 0.15) is 9.88 Å². The number of nitrogens with two attached hydrogens (primary N) is 1. The number of thiazole rings is 1. The predicted octanol–water partition coefficient (Wildman–Crippen LogP) is 0.907. The molecule has 8 heteroatoms. The highest BCUT2D eigenvalue weighted by molar-refractivity contribution is 7.89. The second kappa shape index (κ2) is 5.01. The van der Waals surface area contributed by atoms with Crippen molar-refractivity contribution in [2.24, 2.45) is 0 Å². The van der Waals surface area contributed by atoms with Crippen molar-refractivity contribution in [3.8, 4) is 0 Å². The van der Waals surface area contributed by atoms with E-state index in [1.807, 2.05) is 6.92 Å². The van der Waals surface area contributed by atoms with Crippen molar-refractivity contribution >= 4 is 27.2 Å². The Morgan fingerprint density at radius 2 is 2.22 bits per heavy atom. The molecular formula is C10H12N4O2S2. The predicted molar refractivity (Wildman–Crippen MR) is 69.5 cm³/mol. The van der Waals surface area contributed by atoms with Crippen LogP contribution in [0.25, 0.3) is 0 Å². The van der Waals surface area contributed by atoms with Crippen LogP contribution in [-0.4, -0.2) is 18.4 Å². The lowest BCUT2D eigenvalue weighted by atomic mass is 10.5. The first-order valence-corrected chi connectivity index (χ1v) is 7.40. The first kappa shape index (κ1) is 12.9. The summed E-state index contributed by atoms with van der Waals surface area (Å²) in [6, 6.07) is 2.95. The number of nitrogens with zero attached hydrogens (tertiary/aromatic N) is 2. The van der Waals surface area contributed by atoms with Gasteiger partial charge in [-0.3, -0.25) is 0 Å². The maximum absolute atomic E-state index is 12.0. The number of sulfonamides is 1. The van der Waals surface area contributed by atoms with Gasteiger partial charge in [-0.1, -0.05) is 0 Å². The Bertz CT molecular complexity index is 651. The fourth-order valence-corrected chi connectivity index (χ4v) is 3.27. The van der Waals surface area contributed by atoms with Gasteiger partial charge < -0.3 is 5.73 Å². The van der Waals surface area contributed by atoms with Crippen LogP contribution in [0.15, 0.2) is 29.4 Å². The molecule has 0 spiro atoms. The SMILES string of the molecule is Cc1ncc(CNS(=O)(=O)c2cccnc2N)s1. The molecule has 0 aliphatic heterocycles. The molecule has 0 aliphatic rings. The van der Waals surface area contributed by atoms with Crippen molar-refractivity contribution in [3.05, 3.63) is 34.4 Å². The second-order valence-corrected chi connectivity index (χ2v) is 6.61. The van der Waals surface area contributed by atoms with Crippen LogP contribution in [0.3, 0.4) is 0 Å². The molecule has 2 aromatic rings. The molecule has 6 nitrogen and oxygen atoms in total. The monoisotopic (exact) mass is 284 g/mol. The number of nitrogens with one attached hydrogen (secondary N) is 1. The quantitative estimate of drug-likeness (QED) is 0.869. The van der Waals surface area contributed by atoms with Crippen LogP contribution in [-0.2, 0) is 16.6 Å². The van der Waals surface area contributed by atoms with E-state index in [4.69, 9.17) is 5.73 Å². The van der Waals surface area contributed by atoms with Crippen molar-refractivity contribution in [3.63, 3.8) is 0 Å². The molecular weight excluding hydrogens is 272 g/mol. The lowest BCUT2D eigenvalue weighted by Gasteiger charge is -2.06.